The van der Waals surface area contributed by atoms with Gasteiger partial charge in [-0.3, -0.25) is 20.2 Å². The average molecular weight is 469 g/mol. The van der Waals surface area contributed by atoms with Gasteiger partial charge in [0, 0.05) is 24.7 Å². The standard InChI is InChI=1S/C23H23N3O8/c1-32-21-11-18(27)8-9-19(21)24(13-15-4-6-17(7-5-15)25(28)29)14-16-10-22(33-2)23(34-3)12-20(16)26(30)31/h4-12,27H,13-14H2,1-3H3. The van der Waals surface area contributed by atoms with E-state index in [1.165, 1.54) is 57.7 Å². The number of aromatic hydroxyl groups is 1. The van der Waals surface area contributed by atoms with Gasteiger partial charge in [0.05, 0.1) is 55.0 Å². The van der Waals surface area contributed by atoms with Crippen molar-refractivity contribution in [1.29, 1.82) is 0 Å². The lowest BCUT2D eigenvalue weighted by Crippen LogP contribution is -2.23. The first-order valence-electron chi connectivity index (χ1n) is 10.0. The molecule has 0 atom stereocenters. The number of nitro groups is 2. The third-order valence-electron chi connectivity index (χ3n) is 5.17. The number of ether oxygens (including phenoxy) is 3. The molecule has 0 spiro atoms. The summed E-state index contributed by atoms with van der Waals surface area (Å²) in [6.07, 6.45) is 0. The van der Waals surface area contributed by atoms with Crippen LogP contribution in [0.3, 0.4) is 0 Å². The van der Waals surface area contributed by atoms with E-state index in [1.807, 2.05) is 0 Å². The molecule has 0 bridgehead atoms. The molecule has 1 N–H and O–H groups in total. The van der Waals surface area contributed by atoms with Gasteiger partial charge in [-0.1, -0.05) is 12.1 Å². The maximum absolute atomic E-state index is 11.8. The van der Waals surface area contributed by atoms with E-state index < -0.39 is 9.85 Å². The molecule has 0 heterocycles. The molecule has 0 saturated heterocycles. The predicted molar refractivity (Wildman–Crippen MR) is 124 cm³/mol. The molecule has 34 heavy (non-hydrogen) atoms. The Morgan fingerprint density at radius 3 is 1.97 bits per heavy atom. The van der Waals surface area contributed by atoms with Crippen LogP contribution in [0.1, 0.15) is 11.1 Å². The van der Waals surface area contributed by atoms with Crippen molar-refractivity contribution in [2.75, 3.05) is 26.2 Å². The van der Waals surface area contributed by atoms with Crippen molar-refractivity contribution in [1.82, 2.24) is 0 Å². The van der Waals surface area contributed by atoms with E-state index in [4.69, 9.17) is 14.2 Å². The minimum absolute atomic E-state index is 0.00650. The van der Waals surface area contributed by atoms with Gasteiger partial charge in [-0.15, -0.1) is 0 Å². The van der Waals surface area contributed by atoms with Gasteiger partial charge in [0.2, 0.25) is 0 Å². The van der Waals surface area contributed by atoms with Crippen molar-refractivity contribution < 1.29 is 29.2 Å². The molecular weight excluding hydrogens is 446 g/mol. The van der Waals surface area contributed by atoms with Crippen molar-refractivity contribution in [3.8, 4) is 23.0 Å². The number of benzene rings is 3. The van der Waals surface area contributed by atoms with Crippen LogP contribution in [0.2, 0.25) is 0 Å². The SMILES string of the molecule is COc1cc(CN(Cc2ccc([N+](=O)[O-])cc2)c2ccc(O)cc2OC)c([N+](=O)[O-])cc1OC. The maximum atomic E-state index is 11.8. The average Bonchev–Trinajstić information content (AvgIpc) is 2.83. The van der Waals surface area contributed by atoms with Gasteiger partial charge in [0.1, 0.15) is 11.5 Å². The Labute approximate surface area is 195 Å². The lowest BCUT2D eigenvalue weighted by atomic mass is 10.1. The highest BCUT2D eigenvalue weighted by molar-refractivity contribution is 5.63. The number of rotatable bonds is 10. The molecule has 0 amide bonds. The Morgan fingerprint density at radius 2 is 1.41 bits per heavy atom. The smallest absolute Gasteiger partial charge is 0.278 e. The Balaban J connectivity index is 2.09. The minimum atomic E-state index is -0.505. The summed E-state index contributed by atoms with van der Waals surface area (Å²) in [6, 6.07) is 13.4. The Hall–Kier alpha value is -4.54. The fourth-order valence-electron chi connectivity index (χ4n) is 3.51. The van der Waals surface area contributed by atoms with Crippen molar-refractivity contribution in [2.24, 2.45) is 0 Å². The first kappa shape index (κ1) is 24.1. The van der Waals surface area contributed by atoms with Crippen LogP contribution >= 0.6 is 0 Å². The van der Waals surface area contributed by atoms with Gasteiger partial charge in [-0.25, -0.2) is 0 Å². The predicted octanol–water partition coefficient (Wildman–Crippen LogP) is 4.44. The molecule has 0 saturated carbocycles. The second kappa shape index (κ2) is 10.4. The summed E-state index contributed by atoms with van der Waals surface area (Å²) in [4.78, 5) is 23.6. The molecule has 3 rings (SSSR count). The topological polar surface area (TPSA) is 137 Å². The molecule has 0 aliphatic heterocycles. The molecule has 0 aliphatic carbocycles. The lowest BCUT2D eigenvalue weighted by Gasteiger charge is -2.27. The summed E-state index contributed by atoms with van der Waals surface area (Å²) < 4.78 is 16.0. The third-order valence-corrected chi connectivity index (χ3v) is 5.17. The van der Waals surface area contributed by atoms with Crippen LogP contribution in [-0.4, -0.2) is 36.3 Å². The molecule has 0 aliphatic rings. The number of phenols is 1. The largest absolute Gasteiger partial charge is 0.508 e. The van der Waals surface area contributed by atoms with Gasteiger partial charge >= 0.3 is 0 Å². The van der Waals surface area contributed by atoms with E-state index in [-0.39, 0.29) is 36.0 Å². The highest BCUT2D eigenvalue weighted by Gasteiger charge is 2.23. The molecular formula is C23H23N3O8. The Kier molecular flexibility index (Phi) is 7.36. The monoisotopic (exact) mass is 469 g/mol. The summed E-state index contributed by atoms with van der Waals surface area (Å²) in [5.74, 6) is 0.899. The summed E-state index contributed by atoms with van der Waals surface area (Å²) in [6.45, 7) is 0.305. The maximum Gasteiger partial charge on any atom is 0.278 e. The molecule has 0 unspecified atom stereocenters. The van der Waals surface area contributed by atoms with Crippen molar-refractivity contribution >= 4 is 17.1 Å². The van der Waals surface area contributed by atoms with Crippen LogP contribution < -0.4 is 19.1 Å². The summed E-state index contributed by atoms with van der Waals surface area (Å²) in [7, 11) is 4.27. The first-order valence-corrected chi connectivity index (χ1v) is 10.0. The molecule has 0 fully saturated rings. The van der Waals surface area contributed by atoms with Crippen LogP contribution in [-0.2, 0) is 13.1 Å². The summed E-state index contributed by atoms with van der Waals surface area (Å²) in [5, 5.41) is 32.7. The van der Waals surface area contributed by atoms with Gasteiger partial charge in [0.25, 0.3) is 11.4 Å². The molecule has 3 aromatic carbocycles. The fourth-order valence-corrected chi connectivity index (χ4v) is 3.51. The highest BCUT2D eigenvalue weighted by Crippen LogP contribution is 2.38. The molecule has 0 aromatic heterocycles. The van der Waals surface area contributed by atoms with Crippen LogP contribution in [0.15, 0.2) is 54.6 Å². The number of non-ortho nitro benzene ring substituents is 1. The number of hydrogen-bond donors (Lipinski definition) is 1. The number of anilines is 1. The number of methoxy groups -OCH3 is 3. The molecule has 3 aromatic rings. The van der Waals surface area contributed by atoms with Gasteiger partial charge < -0.3 is 24.2 Å². The Morgan fingerprint density at radius 1 is 0.794 bits per heavy atom. The van der Waals surface area contributed by atoms with E-state index in [1.54, 1.807) is 23.1 Å². The van der Waals surface area contributed by atoms with Crippen molar-refractivity contribution in [3.05, 3.63) is 86.0 Å². The van der Waals surface area contributed by atoms with Gasteiger partial charge in [-0.2, -0.15) is 0 Å². The van der Waals surface area contributed by atoms with Crippen LogP contribution in [0.5, 0.6) is 23.0 Å². The zero-order valence-corrected chi connectivity index (χ0v) is 18.8. The zero-order chi connectivity index (χ0) is 24.8. The molecule has 11 heteroatoms. The number of phenolic OH excluding ortho intramolecular Hbond substituents is 1. The zero-order valence-electron chi connectivity index (χ0n) is 18.8. The number of hydrogen-bond acceptors (Lipinski definition) is 9. The van der Waals surface area contributed by atoms with Crippen LogP contribution in [0.25, 0.3) is 0 Å². The van der Waals surface area contributed by atoms with E-state index in [9.17, 15) is 25.3 Å². The fraction of sp³-hybridized carbons (Fsp3) is 0.217. The first-order chi connectivity index (χ1) is 16.3. The number of nitrogens with zero attached hydrogens (tertiary/aromatic N) is 3. The number of nitro benzene ring substituents is 2. The Bertz CT molecular complexity index is 1200. The van der Waals surface area contributed by atoms with E-state index in [2.05, 4.69) is 0 Å². The molecule has 178 valence electrons. The lowest BCUT2D eigenvalue weighted by molar-refractivity contribution is -0.385. The minimum Gasteiger partial charge on any atom is -0.508 e. The van der Waals surface area contributed by atoms with Crippen molar-refractivity contribution in [2.45, 2.75) is 13.1 Å². The van der Waals surface area contributed by atoms with E-state index >= 15 is 0 Å². The van der Waals surface area contributed by atoms with E-state index in [0.29, 0.717) is 22.7 Å². The third kappa shape index (κ3) is 5.26. The van der Waals surface area contributed by atoms with Crippen molar-refractivity contribution in [3.63, 3.8) is 0 Å². The summed E-state index contributed by atoms with van der Waals surface area (Å²) in [5.41, 5.74) is 1.42. The second-order valence-electron chi connectivity index (χ2n) is 7.23. The molecule has 0 radical (unpaired) electrons. The highest BCUT2D eigenvalue weighted by atomic mass is 16.6. The van der Waals surface area contributed by atoms with Gasteiger partial charge in [0.15, 0.2) is 11.5 Å². The second-order valence-corrected chi connectivity index (χ2v) is 7.23. The normalized spacial score (nSPS) is 10.4. The quantitative estimate of drug-likeness (QED) is 0.337. The van der Waals surface area contributed by atoms with Crippen LogP contribution in [0.4, 0.5) is 17.1 Å². The summed E-state index contributed by atoms with van der Waals surface area (Å²) >= 11 is 0. The van der Waals surface area contributed by atoms with E-state index in [0.717, 1.165) is 5.56 Å². The van der Waals surface area contributed by atoms with Crippen LogP contribution in [0, 0.1) is 20.2 Å². The van der Waals surface area contributed by atoms with Gasteiger partial charge in [-0.05, 0) is 23.8 Å². The molecule has 11 nitrogen and oxygen atoms in total.